The number of amides is 2. The Balaban J connectivity index is 4.42. The van der Waals surface area contributed by atoms with E-state index in [2.05, 4.69) is 10.1 Å². The highest BCUT2D eigenvalue weighted by atomic mass is 16.5. The summed E-state index contributed by atoms with van der Waals surface area (Å²) < 4.78 is 4.65. The van der Waals surface area contributed by atoms with Gasteiger partial charge in [0.1, 0.15) is 0 Å². The van der Waals surface area contributed by atoms with Gasteiger partial charge in [-0.3, -0.25) is 9.59 Å². The van der Waals surface area contributed by atoms with Gasteiger partial charge in [0.05, 0.1) is 13.2 Å². The summed E-state index contributed by atoms with van der Waals surface area (Å²) in [7, 11) is 1.41. The van der Waals surface area contributed by atoms with Gasteiger partial charge in [-0.05, 0) is 27.7 Å². The molecule has 0 rings (SSSR count). The number of nitrogens with two attached hydrogens (primary N) is 1. The number of rotatable bonds is 5. The Morgan fingerprint density at radius 2 is 1.84 bits per heavy atom. The maximum atomic E-state index is 11.8. The first-order chi connectivity index (χ1) is 8.58. The molecule has 7 nitrogen and oxygen atoms in total. The van der Waals surface area contributed by atoms with Crippen molar-refractivity contribution in [2.75, 3.05) is 20.2 Å². The summed E-state index contributed by atoms with van der Waals surface area (Å²) in [5.41, 5.74) is 5.07. The minimum Gasteiger partial charge on any atom is -0.464 e. The molecule has 7 heteroatoms. The summed E-state index contributed by atoms with van der Waals surface area (Å²) in [4.78, 5) is 35.8. The lowest BCUT2D eigenvalue weighted by molar-refractivity contribution is -0.151. The molecule has 2 amide bonds. The monoisotopic (exact) mass is 273 g/mol. The van der Waals surface area contributed by atoms with Gasteiger partial charge in [-0.2, -0.15) is 0 Å². The molecule has 3 N–H and O–H groups in total. The SMILES string of the molecule is CCOC(=O)C(N)C(=O)N(C)CC(=O)NC(C)(C)C. The third-order valence-corrected chi connectivity index (χ3v) is 2.08. The second-order valence-corrected chi connectivity index (χ2v) is 5.22. The van der Waals surface area contributed by atoms with Crippen LogP contribution in [0.2, 0.25) is 0 Å². The highest BCUT2D eigenvalue weighted by Crippen LogP contribution is 1.99. The maximum absolute atomic E-state index is 11.8. The first-order valence-electron chi connectivity index (χ1n) is 6.06. The van der Waals surface area contributed by atoms with Crippen molar-refractivity contribution < 1.29 is 19.1 Å². The zero-order chi connectivity index (χ0) is 15.2. The largest absolute Gasteiger partial charge is 0.464 e. The summed E-state index contributed by atoms with van der Waals surface area (Å²) in [6.45, 7) is 7.10. The Morgan fingerprint density at radius 1 is 1.32 bits per heavy atom. The van der Waals surface area contributed by atoms with E-state index in [0.717, 1.165) is 4.90 Å². The summed E-state index contributed by atoms with van der Waals surface area (Å²) in [5.74, 6) is -1.77. The zero-order valence-corrected chi connectivity index (χ0v) is 12.1. The topological polar surface area (TPSA) is 102 Å². The van der Waals surface area contributed by atoms with Crippen LogP contribution in [0.25, 0.3) is 0 Å². The van der Waals surface area contributed by atoms with Gasteiger partial charge in [-0.15, -0.1) is 0 Å². The molecule has 0 saturated heterocycles. The molecule has 0 aliphatic rings. The number of hydrogen-bond donors (Lipinski definition) is 2. The van der Waals surface area contributed by atoms with Gasteiger partial charge in [0.15, 0.2) is 6.04 Å². The third kappa shape index (κ3) is 6.76. The molecule has 0 aromatic carbocycles. The molecule has 0 aromatic heterocycles. The van der Waals surface area contributed by atoms with Crippen LogP contribution in [0.1, 0.15) is 27.7 Å². The molecule has 0 aromatic rings. The van der Waals surface area contributed by atoms with Crippen LogP contribution in [0.4, 0.5) is 0 Å². The molecular weight excluding hydrogens is 250 g/mol. The summed E-state index contributed by atoms with van der Waals surface area (Å²) >= 11 is 0. The molecule has 0 aliphatic heterocycles. The fourth-order valence-electron chi connectivity index (χ4n) is 1.32. The first-order valence-corrected chi connectivity index (χ1v) is 6.06. The molecular formula is C12H23N3O4. The van der Waals surface area contributed by atoms with Crippen molar-refractivity contribution in [3.05, 3.63) is 0 Å². The lowest BCUT2D eigenvalue weighted by Gasteiger charge is -2.24. The molecule has 0 saturated carbocycles. The molecule has 110 valence electrons. The summed E-state index contributed by atoms with van der Waals surface area (Å²) in [5, 5.41) is 2.71. The summed E-state index contributed by atoms with van der Waals surface area (Å²) in [6.07, 6.45) is 0. The smallest absolute Gasteiger partial charge is 0.332 e. The van der Waals surface area contributed by atoms with Gasteiger partial charge < -0.3 is 20.7 Å². The van der Waals surface area contributed by atoms with E-state index in [1.807, 2.05) is 20.8 Å². The van der Waals surface area contributed by atoms with E-state index in [4.69, 9.17) is 5.73 Å². The van der Waals surface area contributed by atoms with E-state index in [1.165, 1.54) is 7.05 Å². The Kier molecular flexibility index (Phi) is 6.47. The van der Waals surface area contributed by atoms with Crippen LogP contribution < -0.4 is 11.1 Å². The Bertz CT molecular complexity index is 349. The number of carbonyl (C=O) groups excluding carboxylic acids is 3. The van der Waals surface area contributed by atoms with Gasteiger partial charge in [-0.1, -0.05) is 0 Å². The van der Waals surface area contributed by atoms with Gasteiger partial charge in [-0.25, -0.2) is 4.79 Å². The fourth-order valence-corrected chi connectivity index (χ4v) is 1.32. The first kappa shape index (κ1) is 17.4. The lowest BCUT2D eigenvalue weighted by Crippen LogP contribution is -2.51. The number of esters is 1. The minimum atomic E-state index is -1.40. The van der Waals surface area contributed by atoms with E-state index in [-0.39, 0.29) is 24.6 Å². The molecule has 1 atom stereocenters. The maximum Gasteiger partial charge on any atom is 0.332 e. The number of ether oxygens (including phenoxy) is 1. The zero-order valence-electron chi connectivity index (χ0n) is 12.1. The van der Waals surface area contributed by atoms with E-state index in [9.17, 15) is 14.4 Å². The highest BCUT2D eigenvalue weighted by Gasteiger charge is 2.27. The van der Waals surface area contributed by atoms with Crippen molar-refractivity contribution >= 4 is 17.8 Å². The Hall–Kier alpha value is -1.63. The molecule has 0 radical (unpaired) electrons. The van der Waals surface area contributed by atoms with Crippen molar-refractivity contribution in [1.29, 1.82) is 0 Å². The molecule has 0 bridgehead atoms. The second-order valence-electron chi connectivity index (χ2n) is 5.22. The number of hydrogen-bond acceptors (Lipinski definition) is 5. The van der Waals surface area contributed by atoms with Crippen molar-refractivity contribution in [3.8, 4) is 0 Å². The van der Waals surface area contributed by atoms with Gasteiger partial charge in [0.25, 0.3) is 5.91 Å². The summed E-state index contributed by atoms with van der Waals surface area (Å²) in [6, 6.07) is -1.40. The van der Waals surface area contributed by atoms with Crippen LogP contribution in [0.3, 0.4) is 0 Å². The third-order valence-electron chi connectivity index (χ3n) is 2.08. The number of nitrogens with one attached hydrogen (secondary N) is 1. The van der Waals surface area contributed by atoms with Crippen molar-refractivity contribution in [3.63, 3.8) is 0 Å². The highest BCUT2D eigenvalue weighted by molar-refractivity contribution is 6.02. The molecule has 0 heterocycles. The Morgan fingerprint density at radius 3 is 2.26 bits per heavy atom. The molecule has 0 spiro atoms. The molecule has 19 heavy (non-hydrogen) atoms. The van der Waals surface area contributed by atoms with Gasteiger partial charge >= 0.3 is 5.97 Å². The second kappa shape index (κ2) is 7.08. The predicted octanol–water partition coefficient (Wildman–Crippen LogP) is -0.750. The quantitative estimate of drug-likeness (QED) is 0.507. The number of carbonyl (C=O) groups is 3. The van der Waals surface area contributed by atoms with E-state index in [0.29, 0.717) is 0 Å². The van der Waals surface area contributed by atoms with E-state index >= 15 is 0 Å². The van der Waals surface area contributed by atoms with Crippen molar-refractivity contribution in [1.82, 2.24) is 10.2 Å². The molecule has 0 aliphatic carbocycles. The number of nitrogens with zero attached hydrogens (tertiary/aromatic N) is 1. The fraction of sp³-hybridized carbons (Fsp3) is 0.750. The normalized spacial score (nSPS) is 12.5. The van der Waals surface area contributed by atoms with Crippen LogP contribution >= 0.6 is 0 Å². The van der Waals surface area contributed by atoms with E-state index in [1.54, 1.807) is 6.92 Å². The lowest BCUT2D eigenvalue weighted by atomic mass is 10.1. The molecule has 1 unspecified atom stereocenters. The molecule has 0 fully saturated rings. The van der Waals surface area contributed by atoms with E-state index < -0.39 is 17.9 Å². The predicted molar refractivity (Wildman–Crippen MR) is 70.1 cm³/mol. The standard InChI is InChI=1S/C12H23N3O4/c1-6-19-11(18)9(13)10(17)15(5)7-8(16)14-12(2,3)4/h9H,6-7,13H2,1-5H3,(H,14,16). The van der Waals surface area contributed by atoms with Crippen molar-refractivity contribution in [2.24, 2.45) is 5.73 Å². The Labute approximate surface area is 113 Å². The average Bonchev–Trinajstić information content (AvgIpc) is 2.24. The number of likely N-dealkylation sites (N-methyl/N-ethyl adjacent to an activating group) is 1. The van der Waals surface area contributed by atoms with Crippen LogP contribution in [-0.2, 0) is 19.1 Å². The van der Waals surface area contributed by atoms with Crippen LogP contribution in [0, 0.1) is 0 Å². The minimum absolute atomic E-state index is 0.147. The van der Waals surface area contributed by atoms with Gasteiger partial charge in [0.2, 0.25) is 5.91 Å². The van der Waals surface area contributed by atoms with Crippen LogP contribution in [0.15, 0.2) is 0 Å². The average molecular weight is 273 g/mol. The van der Waals surface area contributed by atoms with Crippen molar-refractivity contribution in [2.45, 2.75) is 39.3 Å². The van der Waals surface area contributed by atoms with Gasteiger partial charge in [0, 0.05) is 12.6 Å². The van der Waals surface area contributed by atoms with Crippen LogP contribution in [-0.4, -0.2) is 54.5 Å². The van der Waals surface area contributed by atoms with Crippen LogP contribution in [0.5, 0.6) is 0 Å².